The van der Waals surface area contributed by atoms with Crippen molar-refractivity contribution in [2.24, 2.45) is 0 Å². The molecule has 26 heavy (non-hydrogen) atoms. The predicted molar refractivity (Wildman–Crippen MR) is 99.0 cm³/mol. The van der Waals surface area contributed by atoms with Gasteiger partial charge in [-0.25, -0.2) is 0 Å². The third-order valence-corrected chi connectivity index (χ3v) is 4.67. The van der Waals surface area contributed by atoms with Crippen LogP contribution in [0.4, 0.5) is 0 Å². The quantitative estimate of drug-likeness (QED) is 0.763. The smallest absolute Gasteiger partial charge is 0.184 e. The van der Waals surface area contributed by atoms with Gasteiger partial charge in [0.2, 0.25) is 0 Å². The van der Waals surface area contributed by atoms with Gasteiger partial charge >= 0.3 is 0 Å². The van der Waals surface area contributed by atoms with Crippen LogP contribution in [0.3, 0.4) is 0 Å². The first-order valence-corrected chi connectivity index (χ1v) is 8.77. The average Bonchev–Trinajstić information content (AvgIpc) is 2.71. The second-order valence-corrected chi connectivity index (χ2v) is 6.54. The molecule has 1 fully saturated rings. The van der Waals surface area contributed by atoms with Crippen LogP contribution < -0.4 is 0 Å². The maximum Gasteiger partial charge on any atom is 0.184 e. The van der Waals surface area contributed by atoms with Gasteiger partial charge in [-0.2, -0.15) is 0 Å². The highest BCUT2D eigenvalue weighted by Gasteiger charge is 2.43. The van der Waals surface area contributed by atoms with E-state index in [1.54, 1.807) is 6.26 Å². The summed E-state index contributed by atoms with van der Waals surface area (Å²) in [5, 5.41) is 0. The van der Waals surface area contributed by atoms with E-state index in [2.05, 4.69) is 6.58 Å². The van der Waals surface area contributed by atoms with Gasteiger partial charge in [-0.3, -0.25) is 0 Å². The molecule has 2 aromatic rings. The molecule has 4 atom stereocenters. The molecule has 0 saturated carbocycles. The predicted octanol–water partition coefficient (Wildman–Crippen LogP) is 4.46. The molecule has 134 valence electrons. The lowest BCUT2D eigenvalue weighted by Gasteiger charge is -2.42. The lowest BCUT2D eigenvalue weighted by Crippen LogP contribution is -2.51. The molecule has 0 bridgehead atoms. The minimum atomic E-state index is -0.428. The van der Waals surface area contributed by atoms with Crippen LogP contribution >= 0.6 is 0 Å². The fourth-order valence-corrected chi connectivity index (χ4v) is 3.24. The molecule has 1 saturated heterocycles. The Balaban J connectivity index is 1.54. The third-order valence-electron chi connectivity index (χ3n) is 4.67. The van der Waals surface area contributed by atoms with Crippen LogP contribution in [0.5, 0.6) is 0 Å². The fourth-order valence-electron chi connectivity index (χ4n) is 3.24. The Hall–Kier alpha value is -2.56. The molecule has 0 aliphatic carbocycles. The summed E-state index contributed by atoms with van der Waals surface area (Å²) in [4.78, 5) is 0. The topological polar surface area (TPSA) is 36.9 Å². The van der Waals surface area contributed by atoms with E-state index < -0.39 is 6.29 Å². The van der Waals surface area contributed by atoms with Crippen LogP contribution in [-0.4, -0.2) is 24.9 Å². The molecule has 0 unspecified atom stereocenters. The summed E-state index contributed by atoms with van der Waals surface area (Å²) in [5.74, 6) is 0.621. The summed E-state index contributed by atoms with van der Waals surface area (Å²) in [5.41, 5.74) is 2.91. The monoisotopic (exact) mass is 350 g/mol. The van der Waals surface area contributed by atoms with Gasteiger partial charge in [0.05, 0.1) is 12.9 Å². The fraction of sp³-hybridized carbons (Fsp3) is 0.273. The summed E-state index contributed by atoms with van der Waals surface area (Å²) < 4.78 is 24.1. The van der Waals surface area contributed by atoms with Crippen molar-refractivity contribution in [1.29, 1.82) is 0 Å². The van der Waals surface area contributed by atoms with Crippen LogP contribution in [0.1, 0.15) is 24.3 Å². The van der Waals surface area contributed by atoms with Gasteiger partial charge in [0.25, 0.3) is 0 Å². The highest BCUT2D eigenvalue weighted by Crippen LogP contribution is 2.36. The SMILES string of the molecule is C=C(O[C@H]1C(C)=CO[C@@H]2CO[C@@H](c3ccccc3)O[C@H]21)c1ccccc1. The van der Waals surface area contributed by atoms with Crippen molar-refractivity contribution < 1.29 is 18.9 Å². The van der Waals surface area contributed by atoms with Crippen molar-refractivity contribution >= 4 is 5.76 Å². The first kappa shape index (κ1) is 16.9. The van der Waals surface area contributed by atoms with Crippen LogP contribution in [0, 0.1) is 0 Å². The zero-order chi connectivity index (χ0) is 17.9. The molecule has 0 radical (unpaired) electrons. The van der Waals surface area contributed by atoms with E-state index in [1.165, 1.54) is 0 Å². The first-order chi connectivity index (χ1) is 12.7. The van der Waals surface area contributed by atoms with Gasteiger partial charge in [0.15, 0.2) is 18.5 Å². The molecule has 0 aromatic heterocycles. The zero-order valence-electron chi connectivity index (χ0n) is 14.7. The van der Waals surface area contributed by atoms with E-state index in [4.69, 9.17) is 18.9 Å². The molecule has 2 aliphatic heterocycles. The number of ether oxygens (including phenoxy) is 4. The Bertz CT molecular complexity index is 784. The number of hydrogen-bond acceptors (Lipinski definition) is 4. The molecule has 0 amide bonds. The maximum atomic E-state index is 6.24. The summed E-state index contributed by atoms with van der Waals surface area (Å²) in [7, 11) is 0. The Morgan fingerprint density at radius 2 is 1.73 bits per heavy atom. The van der Waals surface area contributed by atoms with Crippen molar-refractivity contribution in [2.45, 2.75) is 31.5 Å². The highest BCUT2D eigenvalue weighted by molar-refractivity contribution is 5.57. The van der Waals surface area contributed by atoms with Gasteiger partial charge in [-0.05, 0) is 6.92 Å². The van der Waals surface area contributed by atoms with Gasteiger partial charge in [0, 0.05) is 16.7 Å². The minimum absolute atomic E-state index is 0.202. The van der Waals surface area contributed by atoms with Crippen LogP contribution in [0.2, 0.25) is 0 Å². The van der Waals surface area contributed by atoms with Crippen molar-refractivity contribution in [1.82, 2.24) is 0 Å². The number of benzene rings is 2. The summed E-state index contributed by atoms with van der Waals surface area (Å²) >= 11 is 0. The molecule has 4 nitrogen and oxygen atoms in total. The molecule has 2 heterocycles. The lowest BCUT2D eigenvalue weighted by molar-refractivity contribution is -0.277. The molecule has 0 N–H and O–H groups in total. The standard InChI is InChI=1S/C22H22O4/c1-15-13-23-19-14-24-22(18-11-7-4-8-12-18)26-21(19)20(15)25-16(2)17-9-5-3-6-10-17/h3-13,19-22H,2,14H2,1H3/t19-,20+,21-,22-/m1/s1. The van der Waals surface area contributed by atoms with E-state index in [1.807, 2.05) is 67.6 Å². The molecule has 0 spiro atoms. The molecular weight excluding hydrogens is 328 g/mol. The van der Waals surface area contributed by atoms with Crippen LogP contribution in [-0.2, 0) is 18.9 Å². The summed E-state index contributed by atoms with van der Waals surface area (Å²) in [6.07, 6.45) is 0.575. The van der Waals surface area contributed by atoms with Gasteiger partial charge in [-0.1, -0.05) is 67.2 Å². The van der Waals surface area contributed by atoms with Gasteiger partial charge in [0.1, 0.15) is 11.9 Å². The zero-order valence-corrected chi connectivity index (χ0v) is 14.7. The van der Waals surface area contributed by atoms with Crippen molar-refractivity contribution in [3.8, 4) is 0 Å². The highest BCUT2D eigenvalue weighted by atomic mass is 16.7. The Labute approximate surface area is 153 Å². The van der Waals surface area contributed by atoms with Crippen LogP contribution in [0.15, 0.2) is 79.1 Å². The largest absolute Gasteiger partial charge is 0.493 e. The Morgan fingerprint density at radius 1 is 1.04 bits per heavy atom. The minimum Gasteiger partial charge on any atom is -0.493 e. The average molecular weight is 350 g/mol. The molecule has 4 rings (SSSR count). The molecule has 2 aromatic carbocycles. The van der Waals surface area contributed by atoms with Crippen molar-refractivity contribution in [2.75, 3.05) is 6.61 Å². The molecular formula is C22H22O4. The van der Waals surface area contributed by atoms with Crippen molar-refractivity contribution in [3.63, 3.8) is 0 Å². The third kappa shape index (κ3) is 3.39. The van der Waals surface area contributed by atoms with Gasteiger partial charge in [-0.15, -0.1) is 0 Å². The summed E-state index contributed by atoms with van der Waals surface area (Å²) in [6.45, 7) is 6.52. The maximum absolute atomic E-state index is 6.24. The lowest BCUT2D eigenvalue weighted by atomic mass is 9.98. The van der Waals surface area contributed by atoms with E-state index in [9.17, 15) is 0 Å². The molecule has 4 heteroatoms. The first-order valence-electron chi connectivity index (χ1n) is 8.77. The Morgan fingerprint density at radius 3 is 2.46 bits per heavy atom. The van der Waals surface area contributed by atoms with E-state index in [-0.39, 0.29) is 18.3 Å². The Kier molecular flexibility index (Phi) is 4.78. The second-order valence-electron chi connectivity index (χ2n) is 6.54. The van der Waals surface area contributed by atoms with Crippen LogP contribution in [0.25, 0.3) is 5.76 Å². The normalized spacial score (nSPS) is 27.7. The van der Waals surface area contributed by atoms with E-state index in [0.29, 0.717) is 12.4 Å². The number of fused-ring (bicyclic) bond motifs is 1. The van der Waals surface area contributed by atoms with Gasteiger partial charge < -0.3 is 18.9 Å². The van der Waals surface area contributed by atoms with E-state index >= 15 is 0 Å². The van der Waals surface area contributed by atoms with E-state index in [0.717, 1.165) is 16.7 Å². The molecule has 2 aliphatic rings. The second kappa shape index (κ2) is 7.36. The number of hydrogen-bond donors (Lipinski definition) is 0. The van der Waals surface area contributed by atoms with Crippen molar-refractivity contribution in [3.05, 3.63) is 90.2 Å². The number of rotatable bonds is 4. The summed E-state index contributed by atoms with van der Waals surface area (Å²) in [6, 6.07) is 19.8.